The molecular formula is C37H46N6O8S. The summed E-state index contributed by atoms with van der Waals surface area (Å²) in [5, 5.41) is 19.7. The number of urea groups is 1. The van der Waals surface area contributed by atoms with Crippen LogP contribution in [0, 0.1) is 0 Å². The number of methoxy groups -OCH3 is 2. The van der Waals surface area contributed by atoms with Gasteiger partial charge >= 0.3 is 6.03 Å². The molecule has 2 aromatic carbocycles. The number of amides is 3. The number of allylic oxidation sites excluding steroid dienone is 1. The van der Waals surface area contributed by atoms with Gasteiger partial charge in [0, 0.05) is 58.8 Å². The normalized spacial score (nSPS) is 15.5. The Bertz CT molecular complexity index is 1780. The van der Waals surface area contributed by atoms with Crippen LogP contribution in [0.4, 0.5) is 16.3 Å². The Morgan fingerprint density at radius 3 is 2.52 bits per heavy atom. The van der Waals surface area contributed by atoms with E-state index in [1.807, 2.05) is 24.3 Å². The van der Waals surface area contributed by atoms with Crippen LogP contribution in [0.25, 0.3) is 11.3 Å². The number of nitrogens with one attached hydrogen (secondary N) is 5. The fourth-order valence-corrected chi connectivity index (χ4v) is 7.62. The third kappa shape index (κ3) is 9.45. The van der Waals surface area contributed by atoms with E-state index < -0.39 is 0 Å². The average Bonchev–Trinajstić information content (AvgIpc) is 3.91. The molecule has 3 aliphatic rings. The molecule has 0 spiro atoms. The smallest absolute Gasteiger partial charge is 0.319 e. The van der Waals surface area contributed by atoms with E-state index in [0.717, 1.165) is 58.8 Å². The van der Waals surface area contributed by atoms with E-state index >= 15 is 0 Å². The molecule has 1 aromatic heterocycles. The van der Waals surface area contributed by atoms with Gasteiger partial charge < -0.3 is 45.0 Å². The summed E-state index contributed by atoms with van der Waals surface area (Å²) >= 11 is 1.78. The van der Waals surface area contributed by atoms with Gasteiger partial charge in [0.1, 0.15) is 5.78 Å². The number of carbonyl (C=O) groups excluding carboxylic acids is 3. The number of thioether (sulfide) groups is 1. The van der Waals surface area contributed by atoms with Crippen molar-refractivity contribution in [1.82, 2.24) is 26.1 Å². The van der Waals surface area contributed by atoms with Crippen LogP contribution in [-0.2, 0) is 25.4 Å². The molecule has 3 aromatic rings. The van der Waals surface area contributed by atoms with E-state index in [9.17, 15) is 14.4 Å². The summed E-state index contributed by atoms with van der Waals surface area (Å²) in [4.78, 5) is 37.7. The molecule has 5 N–H and O–H groups in total. The first-order chi connectivity index (χ1) is 25.4. The van der Waals surface area contributed by atoms with E-state index in [2.05, 4.69) is 31.5 Å². The minimum absolute atomic E-state index is 0.121. The van der Waals surface area contributed by atoms with Crippen molar-refractivity contribution in [3.63, 3.8) is 0 Å². The van der Waals surface area contributed by atoms with Crippen molar-refractivity contribution in [2.75, 3.05) is 71.5 Å². The van der Waals surface area contributed by atoms with Crippen LogP contribution in [-0.4, -0.2) is 100 Å². The number of H-pyrrole nitrogens is 1. The van der Waals surface area contributed by atoms with E-state index in [4.69, 9.17) is 23.7 Å². The van der Waals surface area contributed by atoms with Gasteiger partial charge in [-0.25, -0.2) is 4.79 Å². The van der Waals surface area contributed by atoms with Gasteiger partial charge in [-0.1, -0.05) is 6.07 Å². The van der Waals surface area contributed by atoms with Crippen molar-refractivity contribution in [3.05, 3.63) is 63.7 Å². The molecule has 1 atom stereocenters. The summed E-state index contributed by atoms with van der Waals surface area (Å²) < 4.78 is 27.6. The molecule has 1 aliphatic carbocycles. The van der Waals surface area contributed by atoms with Crippen LogP contribution in [0.3, 0.4) is 0 Å². The Morgan fingerprint density at radius 1 is 0.942 bits per heavy atom. The monoisotopic (exact) mass is 734 g/mol. The van der Waals surface area contributed by atoms with Crippen molar-refractivity contribution in [3.8, 4) is 22.8 Å². The summed E-state index contributed by atoms with van der Waals surface area (Å²) in [6, 6.07) is 11.2. The van der Waals surface area contributed by atoms with Crippen molar-refractivity contribution >= 4 is 41.0 Å². The Morgan fingerprint density at radius 2 is 1.71 bits per heavy atom. The van der Waals surface area contributed by atoms with Crippen LogP contribution in [0.1, 0.15) is 53.6 Å². The van der Waals surface area contributed by atoms with Gasteiger partial charge in [0.2, 0.25) is 0 Å². The van der Waals surface area contributed by atoms with Gasteiger partial charge in [-0.05, 0) is 55.2 Å². The van der Waals surface area contributed by atoms with Crippen LogP contribution in [0.5, 0.6) is 11.5 Å². The average molecular weight is 735 g/mol. The summed E-state index contributed by atoms with van der Waals surface area (Å²) in [6.07, 6.45) is 4.28. The molecule has 52 heavy (non-hydrogen) atoms. The molecule has 1 saturated heterocycles. The van der Waals surface area contributed by atoms with Gasteiger partial charge in [0.25, 0.3) is 5.91 Å². The standard InChI is InChI=1S/C37H46N6O8S/c1-47-30-20-24-19-28-33(27(24)21-31(30)48-2)42-43-35(28)39-25-7-5-6-23(18-25)36(45)38-11-13-50-15-17-51-16-14-49-12-10-26(44)8-3-4-9-32-34-29(22-52-32)40-37(46)41-34/h5-7,18,20-21,29H,3-4,8-17,19,22H2,1-2H3,(H,38,45)(H2,39,42,43)(H2,40,41,46). The molecule has 15 heteroatoms. The number of fused-ring (bicyclic) bond motifs is 4. The number of nitrogens with zero attached hydrogens (tertiary/aromatic N) is 1. The number of ether oxygens (including phenoxy) is 5. The molecular weight excluding hydrogens is 689 g/mol. The lowest BCUT2D eigenvalue weighted by Gasteiger charge is -2.10. The Labute approximate surface area is 307 Å². The number of benzene rings is 2. The van der Waals surface area contributed by atoms with Crippen LogP contribution < -0.4 is 30.7 Å². The zero-order valence-electron chi connectivity index (χ0n) is 29.6. The lowest BCUT2D eigenvalue weighted by molar-refractivity contribution is -0.120. The zero-order valence-corrected chi connectivity index (χ0v) is 30.4. The van der Waals surface area contributed by atoms with Gasteiger partial charge in [0.05, 0.1) is 71.3 Å². The molecule has 278 valence electrons. The Balaban J connectivity index is 0.782. The third-order valence-electron chi connectivity index (χ3n) is 9.04. The maximum absolute atomic E-state index is 12.8. The second-order valence-electron chi connectivity index (χ2n) is 12.6. The predicted octanol–water partition coefficient (Wildman–Crippen LogP) is 4.68. The van der Waals surface area contributed by atoms with Crippen LogP contribution >= 0.6 is 11.8 Å². The number of unbranched alkanes of at least 4 members (excludes halogenated alkanes) is 1. The van der Waals surface area contributed by atoms with E-state index in [1.165, 1.54) is 4.91 Å². The number of carbonyl (C=O) groups is 3. The number of anilines is 2. The Kier molecular flexibility index (Phi) is 13.1. The second-order valence-corrected chi connectivity index (χ2v) is 13.7. The number of hydrogen-bond donors (Lipinski definition) is 5. The van der Waals surface area contributed by atoms with Gasteiger partial charge in [0.15, 0.2) is 17.3 Å². The minimum atomic E-state index is -0.199. The van der Waals surface area contributed by atoms with Gasteiger partial charge in [-0.2, -0.15) is 5.10 Å². The molecule has 0 saturated carbocycles. The SMILES string of the molecule is COc1cc2c(cc1OC)-c1[nH]nc(Nc3cccc(C(=O)NCCOCCOCCOCCC(=O)CCCCC4=C5NC(=O)NC5CS4)c3)c1C2. The zero-order chi connectivity index (χ0) is 36.3. The predicted molar refractivity (Wildman–Crippen MR) is 197 cm³/mol. The summed E-state index contributed by atoms with van der Waals surface area (Å²) in [5.41, 5.74) is 6.41. The van der Waals surface area contributed by atoms with E-state index in [-0.39, 0.29) is 23.8 Å². The highest BCUT2D eigenvalue weighted by molar-refractivity contribution is 8.03. The van der Waals surface area contributed by atoms with Crippen LogP contribution in [0.15, 0.2) is 47.0 Å². The quantitative estimate of drug-likeness (QED) is 0.0710. The third-order valence-corrected chi connectivity index (χ3v) is 10.3. The van der Waals surface area contributed by atoms with Crippen molar-refractivity contribution in [2.24, 2.45) is 0 Å². The van der Waals surface area contributed by atoms with Crippen molar-refractivity contribution < 1.29 is 38.1 Å². The number of aromatic nitrogens is 2. The van der Waals surface area contributed by atoms with Crippen molar-refractivity contribution in [2.45, 2.75) is 44.6 Å². The fourth-order valence-electron chi connectivity index (χ4n) is 6.36. The van der Waals surface area contributed by atoms with E-state index in [1.54, 1.807) is 38.1 Å². The lowest BCUT2D eigenvalue weighted by Crippen LogP contribution is -2.27. The van der Waals surface area contributed by atoms with Crippen LogP contribution in [0.2, 0.25) is 0 Å². The topological polar surface area (TPSA) is 174 Å². The highest BCUT2D eigenvalue weighted by Crippen LogP contribution is 2.44. The minimum Gasteiger partial charge on any atom is -0.493 e. The first kappa shape index (κ1) is 37.2. The maximum Gasteiger partial charge on any atom is 0.319 e. The highest BCUT2D eigenvalue weighted by Gasteiger charge is 2.33. The van der Waals surface area contributed by atoms with Gasteiger partial charge in [-0.15, -0.1) is 11.8 Å². The molecule has 1 fully saturated rings. The number of Topliss-reactive ketones (excluding diaryl/α,β-unsaturated/α-hetero) is 1. The molecule has 3 heterocycles. The highest BCUT2D eigenvalue weighted by atomic mass is 32.2. The molecule has 0 bridgehead atoms. The largest absolute Gasteiger partial charge is 0.493 e. The van der Waals surface area contributed by atoms with E-state index in [0.29, 0.717) is 88.3 Å². The summed E-state index contributed by atoms with van der Waals surface area (Å²) in [5.74, 6) is 2.93. The van der Waals surface area contributed by atoms with Gasteiger partial charge in [-0.3, -0.25) is 14.7 Å². The number of hydrogen-bond acceptors (Lipinski definition) is 11. The summed E-state index contributed by atoms with van der Waals surface area (Å²) in [6.45, 7) is 2.72. The number of ketones is 1. The molecule has 1 unspecified atom stereocenters. The molecule has 6 rings (SSSR count). The first-order valence-corrected chi connectivity index (χ1v) is 18.6. The molecule has 3 amide bonds. The maximum atomic E-state index is 12.8. The molecule has 0 radical (unpaired) electrons. The summed E-state index contributed by atoms with van der Waals surface area (Å²) in [7, 11) is 3.24. The lowest BCUT2D eigenvalue weighted by atomic mass is 10.1. The first-order valence-electron chi connectivity index (χ1n) is 17.6. The fraction of sp³-hybridized carbons (Fsp3) is 0.459. The molecule has 14 nitrogen and oxygen atoms in total. The molecule has 2 aliphatic heterocycles. The number of rotatable bonds is 22. The second kappa shape index (κ2) is 18.3. The van der Waals surface area contributed by atoms with Crippen molar-refractivity contribution in [1.29, 1.82) is 0 Å². The Hall–Kier alpha value is -4.57. The number of aromatic amines is 1.